The molecule has 3 rings (SSSR count). The lowest BCUT2D eigenvalue weighted by Crippen LogP contribution is -2.25. The van der Waals surface area contributed by atoms with Crippen LogP contribution in [0.4, 0.5) is 16.4 Å². The number of nitrogen functional groups attached to an aromatic ring is 1. The standard InChI is InChI=1S/C17H14BrN5O2/c1-22-9-20-13-14(22)12(7-6-10-4-3-5-11(18)8-10)15(19)21-16(13)23(2)17(24)25/h3-5,8-9H,1-2H3,(H2,19,21)(H,24,25). The Kier molecular flexibility index (Phi) is 4.33. The van der Waals surface area contributed by atoms with Gasteiger partial charge in [0.05, 0.1) is 17.4 Å². The van der Waals surface area contributed by atoms with Crippen molar-refractivity contribution in [2.75, 3.05) is 17.7 Å². The average Bonchev–Trinajstić information content (AvgIpc) is 2.95. The van der Waals surface area contributed by atoms with E-state index in [0.29, 0.717) is 16.6 Å². The van der Waals surface area contributed by atoms with E-state index in [-0.39, 0.29) is 11.6 Å². The summed E-state index contributed by atoms with van der Waals surface area (Å²) in [5.41, 5.74) is 8.46. The molecular weight excluding hydrogens is 386 g/mol. The molecule has 0 spiro atoms. The van der Waals surface area contributed by atoms with Crippen molar-refractivity contribution in [3.8, 4) is 11.8 Å². The molecule has 0 aliphatic heterocycles. The molecule has 0 atom stereocenters. The first kappa shape index (κ1) is 16.8. The number of carbonyl (C=O) groups is 1. The summed E-state index contributed by atoms with van der Waals surface area (Å²) in [6.45, 7) is 0. The lowest BCUT2D eigenvalue weighted by molar-refractivity contribution is 0.203. The summed E-state index contributed by atoms with van der Waals surface area (Å²) in [6, 6.07) is 7.58. The molecule has 0 saturated carbocycles. The molecule has 25 heavy (non-hydrogen) atoms. The molecule has 0 aliphatic carbocycles. The number of halogens is 1. The first-order chi connectivity index (χ1) is 11.9. The van der Waals surface area contributed by atoms with Gasteiger partial charge in [-0.25, -0.2) is 14.8 Å². The van der Waals surface area contributed by atoms with E-state index in [2.05, 4.69) is 37.7 Å². The molecule has 8 heteroatoms. The van der Waals surface area contributed by atoms with E-state index in [1.165, 1.54) is 7.05 Å². The van der Waals surface area contributed by atoms with Crippen LogP contribution in [-0.2, 0) is 7.05 Å². The Bertz CT molecular complexity index is 1050. The zero-order chi connectivity index (χ0) is 18.1. The minimum Gasteiger partial charge on any atom is -0.465 e. The van der Waals surface area contributed by atoms with Gasteiger partial charge >= 0.3 is 6.09 Å². The molecule has 0 bridgehead atoms. The van der Waals surface area contributed by atoms with Crippen molar-refractivity contribution < 1.29 is 9.90 Å². The van der Waals surface area contributed by atoms with Crippen molar-refractivity contribution in [2.24, 2.45) is 7.05 Å². The number of pyridine rings is 1. The fourth-order valence-electron chi connectivity index (χ4n) is 2.38. The quantitative estimate of drug-likeness (QED) is 0.613. The monoisotopic (exact) mass is 399 g/mol. The summed E-state index contributed by atoms with van der Waals surface area (Å²) >= 11 is 3.41. The van der Waals surface area contributed by atoms with Gasteiger partial charge in [0.1, 0.15) is 11.3 Å². The van der Waals surface area contributed by atoms with Crippen LogP contribution in [0.1, 0.15) is 11.1 Å². The van der Waals surface area contributed by atoms with Gasteiger partial charge in [0.25, 0.3) is 0 Å². The van der Waals surface area contributed by atoms with Crippen LogP contribution in [0.2, 0.25) is 0 Å². The maximum absolute atomic E-state index is 11.3. The maximum atomic E-state index is 11.3. The Labute approximate surface area is 152 Å². The van der Waals surface area contributed by atoms with E-state index < -0.39 is 6.09 Å². The molecule has 2 heterocycles. The van der Waals surface area contributed by atoms with Crippen LogP contribution in [0.3, 0.4) is 0 Å². The van der Waals surface area contributed by atoms with Crippen LogP contribution >= 0.6 is 15.9 Å². The third-order valence-electron chi connectivity index (χ3n) is 3.63. The number of rotatable bonds is 1. The largest absolute Gasteiger partial charge is 0.465 e. The number of aromatic nitrogens is 3. The smallest absolute Gasteiger partial charge is 0.412 e. The predicted octanol–water partition coefficient (Wildman–Crippen LogP) is 2.83. The molecule has 7 nitrogen and oxygen atoms in total. The molecule has 3 N–H and O–H groups in total. The van der Waals surface area contributed by atoms with Crippen molar-refractivity contribution in [1.82, 2.24) is 14.5 Å². The molecule has 1 aromatic carbocycles. The second-order valence-corrected chi connectivity index (χ2v) is 6.27. The number of imidazole rings is 1. The lowest BCUT2D eigenvalue weighted by Gasteiger charge is -2.14. The molecule has 0 fully saturated rings. The normalized spacial score (nSPS) is 10.4. The number of nitrogens with zero attached hydrogens (tertiary/aromatic N) is 4. The number of aryl methyl sites for hydroxylation is 1. The second kappa shape index (κ2) is 6.45. The summed E-state index contributed by atoms with van der Waals surface area (Å²) in [5, 5.41) is 9.22. The second-order valence-electron chi connectivity index (χ2n) is 5.35. The zero-order valence-electron chi connectivity index (χ0n) is 13.5. The molecule has 3 aromatic rings. The predicted molar refractivity (Wildman–Crippen MR) is 99.5 cm³/mol. The fourth-order valence-corrected chi connectivity index (χ4v) is 2.78. The number of carboxylic acid groups (broad SMARTS) is 1. The van der Waals surface area contributed by atoms with Crippen LogP contribution in [-0.4, -0.2) is 32.8 Å². The van der Waals surface area contributed by atoms with Gasteiger partial charge in [-0.05, 0) is 18.2 Å². The van der Waals surface area contributed by atoms with Crippen LogP contribution in [0.15, 0.2) is 35.1 Å². The van der Waals surface area contributed by atoms with Crippen molar-refractivity contribution in [1.29, 1.82) is 0 Å². The summed E-state index contributed by atoms with van der Waals surface area (Å²) in [4.78, 5) is 20.7. The van der Waals surface area contributed by atoms with Crippen LogP contribution in [0.5, 0.6) is 0 Å². The topological polar surface area (TPSA) is 97.3 Å². The summed E-state index contributed by atoms with van der Waals surface area (Å²) in [6.07, 6.45) is 0.432. The van der Waals surface area contributed by atoms with Gasteiger partial charge in [-0.3, -0.25) is 4.90 Å². The zero-order valence-corrected chi connectivity index (χ0v) is 15.1. The summed E-state index contributed by atoms with van der Waals surface area (Å²) < 4.78 is 2.67. The van der Waals surface area contributed by atoms with Gasteiger partial charge in [-0.2, -0.15) is 0 Å². The van der Waals surface area contributed by atoms with E-state index in [1.807, 2.05) is 24.3 Å². The molecule has 0 saturated heterocycles. The van der Waals surface area contributed by atoms with Gasteiger partial charge in [-0.15, -0.1) is 0 Å². The van der Waals surface area contributed by atoms with Gasteiger partial charge in [0, 0.05) is 24.1 Å². The van der Waals surface area contributed by atoms with E-state index in [9.17, 15) is 9.90 Å². The van der Waals surface area contributed by atoms with Gasteiger partial charge in [-0.1, -0.05) is 33.8 Å². The highest BCUT2D eigenvalue weighted by molar-refractivity contribution is 9.10. The highest BCUT2D eigenvalue weighted by atomic mass is 79.9. The third-order valence-corrected chi connectivity index (χ3v) is 4.12. The highest BCUT2D eigenvalue weighted by Crippen LogP contribution is 2.29. The first-order valence-electron chi connectivity index (χ1n) is 7.23. The fraction of sp³-hybridized carbons (Fsp3) is 0.118. The number of fused-ring (bicyclic) bond motifs is 1. The number of hydrogen-bond acceptors (Lipinski definition) is 4. The van der Waals surface area contributed by atoms with Crippen molar-refractivity contribution in [2.45, 2.75) is 0 Å². The van der Waals surface area contributed by atoms with Crippen molar-refractivity contribution in [3.63, 3.8) is 0 Å². The lowest BCUT2D eigenvalue weighted by atomic mass is 10.1. The van der Waals surface area contributed by atoms with Gasteiger partial charge in [0.15, 0.2) is 5.82 Å². The Hall–Kier alpha value is -3.05. The highest BCUT2D eigenvalue weighted by Gasteiger charge is 2.20. The van der Waals surface area contributed by atoms with Crippen LogP contribution < -0.4 is 10.6 Å². The number of hydrogen-bond donors (Lipinski definition) is 2. The molecule has 1 amide bonds. The average molecular weight is 400 g/mol. The van der Waals surface area contributed by atoms with E-state index >= 15 is 0 Å². The van der Waals surface area contributed by atoms with Crippen LogP contribution in [0, 0.1) is 11.8 Å². The molecule has 126 valence electrons. The van der Waals surface area contributed by atoms with Crippen molar-refractivity contribution in [3.05, 3.63) is 46.2 Å². The van der Waals surface area contributed by atoms with Gasteiger partial charge < -0.3 is 15.4 Å². The molecule has 0 radical (unpaired) electrons. The third kappa shape index (κ3) is 3.14. The Balaban J connectivity index is 2.21. The minimum atomic E-state index is -1.15. The maximum Gasteiger partial charge on any atom is 0.412 e. The Morgan fingerprint density at radius 3 is 2.84 bits per heavy atom. The van der Waals surface area contributed by atoms with Gasteiger partial charge in [0.2, 0.25) is 0 Å². The van der Waals surface area contributed by atoms with E-state index in [0.717, 1.165) is 14.9 Å². The number of amides is 1. The first-order valence-corrected chi connectivity index (χ1v) is 8.02. The molecule has 0 unspecified atom stereocenters. The Morgan fingerprint density at radius 1 is 1.40 bits per heavy atom. The molecular formula is C17H14BrN5O2. The molecule has 2 aromatic heterocycles. The minimum absolute atomic E-state index is 0.154. The van der Waals surface area contributed by atoms with E-state index in [1.54, 1.807) is 17.9 Å². The SMILES string of the molecule is CN(C(=O)O)c1nc(N)c(C#Cc2cccc(Br)c2)c2c1ncn2C. The van der Waals surface area contributed by atoms with Crippen LogP contribution in [0.25, 0.3) is 11.0 Å². The van der Waals surface area contributed by atoms with Crippen molar-refractivity contribution >= 4 is 44.7 Å². The van der Waals surface area contributed by atoms with E-state index in [4.69, 9.17) is 5.73 Å². The summed E-state index contributed by atoms with van der Waals surface area (Å²) in [5.74, 6) is 6.42. The summed E-state index contributed by atoms with van der Waals surface area (Å²) in [7, 11) is 3.19. The molecule has 0 aliphatic rings. The number of nitrogens with two attached hydrogens (primary N) is 1. The Morgan fingerprint density at radius 2 is 2.16 bits per heavy atom. The number of benzene rings is 1. The number of anilines is 2.